The number of hydrogen-bond acceptors (Lipinski definition) is 4. The van der Waals surface area contributed by atoms with Gasteiger partial charge in [0.25, 0.3) is 0 Å². The summed E-state index contributed by atoms with van der Waals surface area (Å²) < 4.78 is 19.8. The predicted molar refractivity (Wildman–Crippen MR) is 112 cm³/mol. The summed E-state index contributed by atoms with van der Waals surface area (Å²) in [6.07, 6.45) is 7.06. The van der Waals surface area contributed by atoms with Crippen LogP contribution in [0.2, 0.25) is 0 Å². The number of nitrogens with one attached hydrogen (secondary N) is 2. The van der Waals surface area contributed by atoms with Crippen LogP contribution in [0, 0.1) is 17.7 Å². The third-order valence-corrected chi connectivity index (χ3v) is 6.10. The van der Waals surface area contributed by atoms with E-state index in [-0.39, 0.29) is 42.0 Å². The highest BCUT2D eigenvalue weighted by Gasteiger charge is 2.34. The van der Waals surface area contributed by atoms with Gasteiger partial charge in [-0.05, 0) is 68.1 Å². The monoisotopic (exact) mass is 431 g/mol. The lowest BCUT2D eigenvalue weighted by Crippen LogP contribution is -2.30. The molecule has 1 atom stereocenters. The Morgan fingerprint density at radius 3 is 2.68 bits per heavy atom. The smallest absolute Gasteiger partial charge is 0.324 e. The molecular formula is C23H30FN3O4. The Balaban J connectivity index is 1.22. The summed E-state index contributed by atoms with van der Waals surface area (Å²) in [5, 5.41) is 5.38. The third-order valence-electron chi connectivity index (χ3n) is 6.10. The number of carbonyl (C=O) groups excluding carboxylic acids is 3. The first kappa shape index (κ1) is 21.6. The molecule has 0 bridgehead atoms. The van der Waals surface area contributed by atoms with Crippen molar-refractivity contribution in [3.63, 3.8) is 0 Å². The lowest BCUT2D eigenvalue weighted by atomic mass is 10.0. The van der Waals surface area contributed by atoms with Crippen LogP contribution in [0.1, 0.15) is 63.0 Å². The van der Waals surface area contributed by atoms with Gasteiger partial charge >= 0.3 is 6.03 Å². The van der Waals surface area contributed by atoms with Gasteiger partial charge in [-0.2, -0.15) is 0 Å². The number of amides is 4. The predicted octanol–water partition coefficient (Wildman–Crippen LogP) is 3.29. The molecule has 1 aromatic rings. The molecule has 3 fully saturated rings. The minimum atomic E-state index is -0.362. The molecule has 1 heterocycles. The van der Waals surface area contributed by atoms with E-state index in [4.69, 9.17) is 4.74 Å². The van der Waals surface area contributed by atoms with Crippen molar-refractivity contribution in [1.29, 1.82) is 0 Å². The Bertz CT molecular complexity index is 838. The molecule has 2 N–H and O–H groups in total. The number of halogens is 1. The fourth-order valence-corrected chi connectivity index (χ4v) is 3.89. The molecule has 3 aliphatic rings. The zero-order valence-electron chi connectivity index (χ0n) is 17.7. The summed E-state index contributed by atoms with van der Waals surface area (Å²) in [5.74, 6) is 0.555. The van der Waals surface area contributed by atoms with E-state index in [1.54, 1.807) is 12.1 Å². The normalized spacial score (nSPS) is 19.3. The molecule has 8 heteroatoms. The fourth-order valence-electron chi connectivity index (χ4n) is 3.89. The van der Waals surface area contributed by atoms with Crippen LogP contribution < -0.4 is 15.4 Å². The Kier molecular flexibility index (Phi) is 6.73. The van der Waals surface area contributed by atoms with E-state index in [9.17, 15) is 18.8 Å². The van der Waals surface area contributed by atoms with E-state index in [2.05, 4.69) is 10.6 Å². The van der Waals surface area contributed by atoms with Gasteiger partial charge in [-0.25, -0.2) is 9.18 Å². The number of rotatable bonds is 12. The van der Waals surface area contributed by atoms with Crippen molar-refractivity contribution in [3.8, 4) is 5.75 Å². The minimum Gasteiger partial charge on any atom is -0.490 e. The summed E-state index contributed by atoms with van der Waals surface area (Å²) in [5.41, 5.74) is 0.896. The Hall–Kier alpha value is -2.64. The number of benzene rings is 1. The van der Waals surface area contributed by atoms with E-state index in [1.807, 2.05) is 0 Å². The Morgan fingerprint density at radius 1 is 1.19 bits per heavy atom. The topological polar surface area (TPSA) is 87.7 Å². The summed E-state index contributed by atoms with van der Waals surface area (Å²) in [4.78, 5) is 36.7. The molecule has 1 aromatic carbocycles. The van der Waals surface area contributed by atoms with Gasteiger partial charge in [0.2, 0.25) is 11.8 Å². The molecule has 168 valence electrons. The van der Waals surface area contributed by atoms with E-state index < -0.39 is 0 Å². The van der Waals surface area contributed by atoms with E-state index in [0.717, 1.165) is 44.1 Å². The second-order valence-electron chi connectivity index (χ2n) is 8.91. The number of hydrogen-bond donors (Lipinski definition) is 2. The zero-order valence-corrected chi connectivity index (χ0v) is 17.7. The van der Waals surface area contributed by atoms with Gasteiger partial charge in [0.15, 0.2) is 11.6 Å². The number of imide groups is 1. The van der Waals surface area contributed by atoms with Crippen LogP contribution in [-0.4, -0.2) is 42.4 Å². The average molecular weight is 432 g/mol. The molecule has 4 rings (SSSR count). The number of ether oxygens (including phenoxy) is 1. The van der Waals surface area contributed by atoms with Crippen LogP contribution in [-0.2, 0) is 9.59 Å². The van der Waals surface area contributed by atoms with Gasteiger partial charge in [0, 0.05) is 13.0 Å². The van der Waals surface area contributed by atoms with E-state index in [0.29, 0.717) is 37.8 Å². The van der Waals surface area contributed by atoms with Gasteiger partial charge in [-0.1, -0.05) is 12.5 Å². The molecule has 1 unspecified atom stereocenters. The van der Waals surface area contributed by atoms with Crippen LogP contribution in [0.4, 0.5) is 9.18 Å². The van der Waals surface area contributed by atoms with Crippen molar-refractivity contribution in [2.75, 3.05) is 19.7 Å². The maximum atomic E-state index is 14.1. The number of nitrogens with zero attached hydrogens (tertiary/aromatic N) is 1. The van der Waals surface area contributed by atoms with Crippen molar-refractivity contribution in [1.82, 2.24) is 15.5 Å². The Morgan fingerprint density at radius 2 is 2.00 bits per heavy atom. The first-order valence-electron chi connectivity index (χ1n) is 11.3. The summed E-state index contributed by atoms with van der Waals surface area (Å²) >= 11 is 0. The largest absolute Gasteiger partial charge is 0.490 e. The molecular weight excluding hydrogens is 401 g/mol. The number of unbranched alkanes of at least 4 members (excludes halogenated alkanes) is 2. The molecule has 0 spiro atoms. The average Bonchev–Trinajstić information content (AvgIpc) is 3.65. The minimum absolute atomic E-state index is 0.0178. The van der Waals surface area contributed by atoms with E-state index in [1.165, 1.54) is 11.0 Å². The van der Waals surface area contributed by atoms with Crippen molar-refractivity contribution >= 4 is 17.8 Å². The van der Waals surface area contributed by atoms with Crippen molar-refractivity contribution in [2.45, 2.75) is 57.4 Å². The van der Waals surface area contributed by atoms with Crippen molar-refractivity contribution in [3.05, 3.63) is 29.6 Å². The van der Waals surface area contributed by atoms with Gasteiger partial charge in [0.05, 0.1) is 12.6 Å². The zero-order chi connectivity index (χ0) is 21.8. The highest BCUT2D eigenvalue weighted by Crippen LogP contribution is 2.42. The molecule has 2 aliphatic carbocycles. The van der Waals surface area contributed by atoms with Gasteiger partial charge in [0.1, 0.15) is 6.54 Å². The maximum Gasteiger partial charge on any atom is 0.324 e. The SMILES string of the molecule is O=C1CN(CCCCCC(=O)NC(c2ccc(F)c(OCC3CC3)c2)C2CC2)C(=O)N1. The van der Waals surface area contributed by atoms with E-state index >= 15 is 0 Å². The first-order valence-corrected chi connectivity index (χ1v) is 11.3. The molecule has 31 heavy (non-hydrogen) atoms. The molecule has 1 aliphatic heterocycles. The Labute approximate surface area is 181 Å². The van der Waals surface area contributed by atoms with Gasteiger partial charge < -0.3 is 15.0 Å². The highest BCUT2D eigenvalue weighted by molar-refractivity contribution is 6.01. The van der Waals surface area contributed by atoms with Crippen LogP contribution in [0.25, 0.3) is 0 Å². The molecule has 7 nitrogen and oxygen atoms in total. The molecule has 1 saturated heterocycles. The number of carbonyl (C=O) groups is 3. The van der Waals surface area contributed by atoms with Gasteiger partial charge in [-0.3, -0.25) is 14.9 Å². The summed E-state index contributed by atoms with van der Waals surface area (Å²) in [6, 6.07) is 4.46. The third kappa shape index (κ3) is 6.18. The second kappa shape index (κ2) is 9.66. The quantitative estimate of drug-likeness (QED) is 0.393. The standard InChI is InChI=1S/C23H30FN3O4/c24-18-10-9-17(12-19(18)31-14-15-5-6-15)22(16-7-8-16)25-20(28)4-2-1-3-11-27-13-21(29)26-23(27)30/h9-10,12,15-16,22H,1-8,11,13-14H2,(H,25,28)(H,26,29,30). The molecule has 0 radical (unpaired) electrons. The van der Waals surface area contributed by atoms with Gasteiger partial charge in [-0.15, -0.1) is 0 Å². The first-order chi connectivity index (χ1) is 15.0. The summed E-state index contributed by atoms with van der Waals surface area (Å²) in [6.45, 7) is 1.18. The molecule has 0 aromatic heterocycles. The summed E-state index contributed by atoms with van der Waals surface area (Å²) in [7, 11) is 0. The lowest BCUT2D eigenvalue weighted by molar-refractivity contribution is -0.122. The second-order valence-corrected chi connectivity index (χ2v) is 8.91. The molecule has 2 saturated carbocycles. The fraction of sp³-hybridized carbons (Fsp3) is 0.609. The number of urea groups is 1. The van der Waals surface area contributed by atoms with Crippen molar-refractivity contribution in [2.24, 2.45) is 11.8 Å². The lowest BCUT2D eigenvalue weighted by Gasteiger charge is -2.20. The van der Waals surface area contributed by atoms with Crippen molar-refractivity contribution < 1.29 is 23.5 Å². The maximum absolute atomic E-state index is 14.1. The molecule has 4 amide bonds. The van der Waals surface area contributed by atoms with Crippen LogP contribution in [0.5, 0.6) is 5.75 Å². The van der Waals surface area contributed by atoms with Crippen LogP contribution in [0.3, 0.4) is 0 Å². The highest BCUT2D eigenvalue weighted by atomic mass is 19.1. The van der Waals surface area contributed by atoms with Crippen LogP contribution >= 0.6 is 0 Å². The van der Waals surface area contributed by atoms with Crippen LogP contribution in [0.15, 0.2) is 18.2 Å².